The molecule has 1 unspecified atom stereocenters. The molecular formula is C8H13F3N2O2. The van der Waals surface area contributed by atoms with Crippen molar-refractivity contribution in [1.82, 2.24) is 10.2 Å². The Morgan fingerprint density at radius 3 is 2.60 bits per heavy atom. The minimum atomic E-state index is -4.40. The SMILES string of the molecule is CC1(O)CCN(C(=O)NCC(F)(F)F)C1. The van der Waals surface area contributed by atoms with Crippen LogP contribution >= 0.6 is 0 Å². The van der Waals surface area contributed by atoms with Gasteiger partial charge < -0.3 is 15.3 Å². The molecule has 7 heteroatoms. The van der Waals surface area contributed by atoms with Crippen LogP contribution in [-0.2, 0) is 0 Å². The summed E-state index contributed by atoms with van der Waals surface area (Å²) >= 11 is 0. The Bertz CT molecular complexity index is 253. The Kier molecular flexibility index (Phi) is 3.13. The summed E-state index contributed by atoms with van der Waals surface area (Å²) in [5.41, 5.74) is -0.991. The topological polar surface area (TPSA) is 52.6 Å². The van der Waals surface area contributed by atoms with Gasteiger partial charge in [-0.3, -0.25) is 0 Å². The summed E-state index contributed by atoms with van der Waals surface area (Å²) in [6, 6.07) is -0.787. The number of hydrogen-bond acceptors (Lipinski definition) is 2. The first-order valence-corrected chi connectivity index (χ1v) is 4.51. The van der Waals surface area contributed by atoms with Gasteiger partial charge in [0.2, 0.25) is 0 Å². The van der Waals surface area contributed by atoms with E-state index in [0.29, 0.717) is 6.42 Å². The summed E-state index contributed by atoms with van der Waals surface area (Å²) in [6.45, 7) is 0.544. The summed E-state index contributed by atoms with van der Waals surface area (Å²) in [7, 11) is 0. The fourth-order valence-corrected chi connectivity index (χ4v) is 1.41. The van der Waals surface area contributed by atoms with Gasteiger partial charge in [0, 0.05) is 6.54 Å². The van der Waals surface area contributed by atoms with Gasteiger partial charge >= 0.3 is 12.2 Å². The molecule has 0 aromatic rings. The number of β-amino-alcohol motifs (C(OH)–C–C–N with tert-alkyl or cyclic N) is 1. The van der Waals surface area contributed by atoms with E-state index in [1.54, 1.807) is 12.2 Å². The molecular weight excluding hydrogens is 213 g/mol. The Labute approximate surface area is 85.1 Å². The van der Waals surface area contributed by atoms with Gasteiger partial charge in [-0.05, 0) is 13.3 Å². The van der Waals surface area contributed by atoms with Gasteiger partial charge in [-0.15, -0.1) is 0 Å². The first kappa shape index (κ1) is 12.1. The number of carbonyl (C=O) groups is 1. The number of amides is 2. The summed E-state index contributed by atoms with van der Waals surface area (Å²) in [6.07, 6.45) is -4.02. The second kappa shape index (κ2) is 3.88. The lowest BCUT2D eigenvalue weighted by atomic mass is 10.1. The molecule has 0 spiro atoms. The lowest BCUT2D eigenvalue weighted by Crippen LogP contribution is -2.44. The van der Waals surface area contributed by atoms with Gasteiger partial charge in [-0.2, -0.15) is 13.2 Å². The molecule has 1 fully saturated rings. The monoisotopic (exact) mass is 226 g/mol. The van der Waals surface area contributed by atoms with Crippen molar-refractivity contribution in [3.8, 4) is 0 Å². The number of rotatable bonds is 1. The van der Waals surface area contributed by atoms with E-state index in [4.69, 9.17) is 0 Å². The Hall–Kier alpha value is -0.980. The summed E-state index contributed by atoms with van der Waals surface area (Å²) in [4.78, 5) is 12.4. The van der Waals surface area contributed by atoms with Crippen molar-refractivity contribution < 1.29 is 23.1 Å². The number of hydrogen-bond donors (Lipinski definition) is 2. The predicted molar refractivity (Wildman–Crippen MR) is 46.3 cm³/mol. The van der Waals surface area contributed by atoms with Crippen molar-refractivity contribution in [3.05, 3.63) is 0 Å². The zero-order valence-electron chi connectivity index (χ0n) is 8.26. The van der Waals surface area contributed by atoms with Gasteiger partial charge in [0.05, 0.1) is 12.1 Å². The molecule has 0 aliphatic carbocycles. The molecule has 1 atom stereocenters. The Morgan fingerprint density at radius 1 is 1.60 bits per heavy atom. The van der Waals surface area contributed by atoms with Crippen molar-refractivity contribution in [1.29, 1.82) is 0 Å². The highest BCUT2D eigenvalue weighted by Crippen LogP contribution is 2.20. The third-order valence-corrected chi connectivity index (χ3v) is 2.18. The van der Waals surface area contributed by atoms with Gasteiger partial charge in [0.25, 0.3) is 0 Å². The van der Waals surface area contributed by atoms with Crippen LogP contribution in [0.15, 0.2) is 0 Å². The Morgan fingerprint density at radius 2 is 2.20 bits per heavy atom. The minimum absolute atomic E-state index is 0.0662. The molecule has 4 nitrogen and oxygen atoms in total. The van der Waals surface area contributed by atoms with Gasteiger partial charge in [0.15, 0.2) is 0 Å². The minimum Gasteiger partial charge on any atom is -0.388 e. The molecule has 1 aliphatic rings. The third-order valence-electron chi connectivity index (χ3n) is 2.18. The maximum absolute atomic E-state index is 11.8. The molecule has 1 aliphatic heterocycles. The van der Waals surface area contributed by atoms with E-state index < -0.39 is 24.4 Å². The maximum Gasteiger partial charge on any atom is 0.405 e. The van der Waals surface area contributed by atoms with Crippen LogP contribution in [-0.4, -0.2) is 47.4 Å². The van der Waals surface area contributed by atoms with E-state index in [0.717, 1.165) is 0 Å². The molecule has 1 saturated heterocycles. The maximum atomic E-state index is 11.8. The van der Waals surface area contributed by atoms with E-state index in [1.807, 2.05) is 0 Å². The van der Waals surface area contributed by atoms with E-state index in [2.05, 4.69) is 0 Å². The molecule has 0 bridgehead atoms. The smallest absolute Gasteiger partial charge is 0.388 e. The molecule has 88 valence electrons. The van der Waals surface area contributed by atoms with E-state index in [-0.39, 0.29) is 13.1 Å². The van der Waals surface area contributed by atoms with E-state index in [1.165, 1.54) is 4.90 Å². The summed E-state index contributed by atoms with van der Waals surface area (Å²) in [5, 5.41) is 11.3. The highest BCUT2D eigenvalue weighted by molar-refractivity contribution is 5.74. The largest absolute Gasteiger partial charge is 0.405 e. The second-order valence-corrected chi connectivity index (χ2v) is 3.94. The highest BCUT2D eigenvalue weighted by atomic mass is 19.4. The van der Waals surface area contributed by atoms with Gasteiger partial charge in [-0.1, -0.05) is 0 Å². The standard InChI is InChI=1S/C8H13F3N2O2/c1-7(15)2-3-13(5-7)6(14)12-4-8(9,10)11/h15H,2-5H2,1H3,(H,12,14). The predicted octanol–water partition coefficient (Wildman–Crippen LogP) is 0.715. The molecule has 1 rings (SSSR count). The quantitative estimate of drug-likeness (QED) is 0.692. The van der Waals surface area contributed by atoms with Crippen molar-refractivity contribution in [3.63, 3.8) is 0 Å². The van der Waals surface area contributed by atoms with Crippen LogP contribution in [0.2, 0.25) is 0 Å². The van der Waals surface area contributed by atoms with Gasteiger partial charge in [-0.25, -0.2) is 4.79 Å². The zero-order valence-corrected chi connectivity index (χ0v) is 8.26. The Balaban J connectivity index is 2.37. The molecule has 2 amide bonds. The zero-order chi connectivity index (χ0) is 11.7. The van der Waals surface area contributed by atoms with Crippen molar-refractivity contribution in [2.24, 2.45) is 0 Å². The number of nitrogens with zero attached hydrogens (tertiary/aromatic N) is 1. The number of aliphatic hydroxyl groups is 1. The molecule has 0 aromatic heterocycles. The van der Waals surface area contributed by atoms with Crippen LogP contribution in [0.3, 0.4) is 0 Å². The van der Waals surface area contributed by atoms with Crippen LogP contribution < -0.4 is 5.32 Å². The molecule has 15 heavy (non-hydrogen) atoms. The van der Waals surface area contributed by atoms with Gasteiger partial charge in [0.1, 0.15) is 6.54 Å². The number of nitrogens with one attached hydrogen (secondary N) is 1. The molecule has 0 saturated carbocycles. The first-order chi connectivity index (χ1) is 6.70. The fourth-order valence-electron chi connectivity index (χ4n) is 1.41. The summed E-state index contributed by atoms with van der Waals surface area (Å²) in [5.74, 6) is 0. The first-order valence-electron chi connectivity index (χ1n) is 4.51. The van der Waals surface area contributed by atoms with Crippen molar-refractivity contribution in [2.75, 3.05) is 19.6 Å². The molecule has 2 N–H and O–H groups in total. The van der Waals surface area contributed by atoms with Crippen LogP contribution in [0, 0.1) is 0 Å². The van der Waals surface area contributed by atoms with Crippen molar-refractivity contribution in [2.45, 2.75) is 25.1 Å². The van der Waals surface area contributed by atoms with Crippen LogP contribution in [0.1, 0.15) is 13.3 Å². The average molecular weight is 226 g/mol. The van der Waals surface area contributed by atoms with E-state index >= 15 is 0 Å². The fraction of sp³-hybridized carbons (Fsp3) is 0.875. The number of carbonyl (C=O) groups excluding carboxylic acids is 1. The lowest BCUT2D eigenvalue weighted by molar-refractivity contribution is -0.123. The third kappa shape index (κ3) is 3.94. The molecule has 0 aromatic carbocycles. The average Bonchev–Trinajstić information content (AvgIpc) is 2.40. The molecule has 0 radical (unpaired) electrons. The highest BCUT2D eigenvalue weighted by Gasteiger charge is 2.35. The van der Waals surface area contributed by atoms with Crippen LogP contribution in [0.5, 0.6) is 0 Å². The number of likely N-dealkylation sites (tertiary alicyclic amines) is 1. The number of halogens is 3. The van der Waals surface area contributed by atoms with Crippen LogP contribution in [0.25, 0.3) is 0 Å². The lowest BCUT2D eigenvalue weighted by Gasteiger charge is -2.19. The van der Waals surface area contributed by atoms with Crippen molar-refractivity contribution >= 4 is 6.03 Å². The molecule has 1 heterocycles. The van der Waals surface area contributed by atoms with E-state index in [9.17, 15) is 23.1 Å². The second-order valence-electron chi connectivity index (χ2n) is 3.94. The number of urea groups is 1. The van der Waals surface area contributed by atoms with Crippen LogP contribution in [0.4, 0.5) is 18.0 Å². The number of alkyl halides is 3. The normalized spacial score (nSPS) is 26.9. The summed E-state index contributed by atoms with van der Waals surface area (Å²) < 4.78 is 35.3.